The Morgan fingerprint density at radius 2 is 1.80 bits per heavy atom. The highest BCUT2D eigenvalue weighted by molar-refractivity contribution is 5.91. The lowest BCUT2D eigenvalue weighted by Gasteiger charge is -2.44. The second-order valence-electron chi connectivity index (χ2n) is 9.31. The molecule has 35 heavy (non-hydrogen) atoms. The number of ether oxygens (including phenoxy) is 2. The van der Waals surface area contributed by atoms with Crippen LogP contribution in [0.25, 0.3) is 0 Å². The van der Waals surface area contributed by atoms with E-state index >= 15 is 0 Å². The highest BCUT2D eigenvalue weighted by Crippen LogP contribution is 2.49. The third-order valence-electron chi connectivity index (χ3n) is 6.45. The van der Waals surface area contributed by atoms with Gasteiger partial charge in [-0.3, -0.25) is 9.80 Å². The molecule has 4 rings (SSSR count). The Labute approximate surface area is 202 Å². The highest BCUT2D eigenvalue weighted by atomic mass is 19.4. The van der Waals surface area contributed by atoms with Crippen molar-refractivity contribution >= 4 is 17.9 Å². The van der Waals surface area contributed by atoms with E-state index in [9.17, 15) is 22.8 Å². The van der Waals surface area contributed by atoms with E-state index in [-0.39, 0.29) is 36.6 Å². The van der Waals surface area contributed by atoms with Gasteiger partial charge >= 0.3 is 18.4 Å². The molecule has 2 atom stereocenters. The van der Waals surface area contributed by atoms with Crippen LogP contribution in [-0.2, 0) is 22.2 Å². The third kappa shape index (κ3) is 5.39. The molecule has 2 amide bonds. The van der Waals surface area contributed by atoms with Crippen LogP contribution >= 0.6 is 0 Å². The summed E-state index contributed by atoms with van der Waals surface area (Å²) in [4.78, 5) is 29.0. The van der Waals surface area contributed by atoms with Crippen LogP contribution in [0.2, 0.25) is 0 Å². The summed E-state index contributed by atoms with van der Waals surface area (Å²) in [5.74, 6) is 0.184. The second kappa shape index (κ2) is 9.79. The number of methoxy groups -OCH3 is 1. The molecule has 2 aliphatic rings. The molecule has 6 nitrogen and oxygen atoms in total. The summed E-state index contributed by atoms with van der Waals surface area (Å²) >= 11 is 0. The first-order chi connectivity index (χ1) is 16.6. The minimum absolute atomic E-state index is 0.154. The lowest BCUT2D eigenvalue weighted by atomic mass is 9.86. The number of rotatable bonds is 5. The largest absolute Gasteiger partial charge is 0.453 e. The topological polar surface area (TPSA) is 59.1 Å². The van der Waals surface area contributed by atoms with Crippen LogP contribution < -0.4 is 4.90 Å². The van der Waals surface area contributed by atoms with Gasteiger partial charge in [-0.2, -0.15) is 13.2 Å². The molecule has 1 fully saturated rings. The SMILES string of the molecule is COC(=O)N(Cc1ccccc1)[C@H]1C[C@@H](C2CC2)N(C(=O)OC(C)C)c2ccc(C(F)(F)F)cc21. The number of nitrogens with zero attached hydrogens (tertiary/aromatic N) is 2. The van der Waals surface area contributed by atoms with Crippen molar-refractivity contribution in [3.05, 3.63) is 65.2 Å². The molecule has 1 aliphatic heterocycles. The molecule has 188 valence electrons. The number of hydrogen-bond donors (Lipinski definition) is 0. The zero-order valence-corrected chi connectivity index (χ0v) is 19.9. The standard InChI is InChI=1S/C26H29F3N2O4/c1-16(2)35-25(33)31-21-12-11-19(26(27,28)29)13-20(21)23(14-22(31)18-9-10-18)30(24(32)34-3)15-17-7-5-4-6-8-17/h4-8,11-13,16,18,22-23H,9-10,14-15H2,1-3H3/t22-,23-/m0/s1. The fourth-order valence-corrected chi connectivity index (χ4v) is 4.73. The minimum atomic E-state index is -4.58. The normalized spacial score (nSPS) is 19.8. The molecule has 2 aromatic rings. The first-order valence-electron chi connectivity index (χ1n) is 11.7. The number of halogens is 3. The smallest absolute Gasteiger partial charge is 0.416 e. The number of fused-ring (bicyclic) bond motifs is 1. The average molecular weight is 491 g/mol. The maximum absolute atomic E-state index is 13.7. The van der Waals surface area contributed by atoms with Gasteiger partial charge in [-0.15, -0.1) is 0 Å². The van der Waals surface area contributed by atoms with E-state index in [1.165, 1.54) is 23.0 Å². The van der Waals surface area contributed by atoms with Crippen LogP contribution in [0, 0.1) is 5.92 Å². The monoisotopic (exact) mass is 490 g/mol. The van der Waals surface area contributed by atoms with Crippen molar-refractivity contribution in [2.24, 2.45) is 5.92 Å². The Hall–Kier alpha value is -3.23. The summed E-state index contributed by atoms with van der Waals surface area (Å²) < 4.78 is 51.6. The van der Waals surface area contributed by atoms with E-state index in [2.05, 4.69) is 0 Å². The van der Waals surface area contributed by atoms with Crippen LogP contribution in [-0.4, -0.2) is 36.3 Å². The van der Waals surface area contributed by atoms with Gasteiger partial charge in [-0.05, 0) is 68.4 Å². The second-order valence-corrected chi connectivity index (χ2v) is 9.31. The van der Waals surface area contributed by atoms with Crippen LogP contribution in [0.5, 0.6) is 0 Å². The van der Waals surface area contributed by atoms with E-state index in [0.29, 0.717) is 5.69 Å². The minimum Gasteiger partial charge on any atom is -0.453 e. The van der Waals surface area contributed by atoms with Gasteiger partial charge in [0.05, 0.1) is 30.5 Å². The zero-order chi connectivity index (χ0) is 25.3. The van der Waals surface area contributed by atoms with Crippen molar-refractivity contribution in [2.45, 2.75) is 64.0 Å². The van der Waals surface area contributed by atoms with Gasteiger partial charge in [-0.1, -0.05) is 30.3 Å². The van der Waals surface area contributed by atoms with E-state index in [1.807, 2.05) is 30.3 Å². The molecule has 0 radical (unpaired) electrons. The Kier molecular flexibility index (Phi) is 6.96. The van der Waals surface area contributed by atoms with Crippen LogP contribution in [0.1, 0.15) is 55.8 Å². The fourth-order valence-electron chi connectivity index (χ4n) is 4.73. The van der Waals surface area contributed by atoms with Gasteiger partial charge in [0.2, 0.25) is 0 Å². The first kappa shape index (κ1) is 24.9. The molecule has 0 bridgehead atoms. The number of carbonyl (C=O) groups excluding carboxylic acids is 2. The number of amides is 2. The predicted octanol–water partition coefficient (Wildman–Crippen LogP) is 6.55. The van der Waals surface area contributed by atoms with E-state index in [1.54, 1.807) is 13.8 Å². The van der Waals surface area contributed by atoms with Crippen molar-refractivity contribution < 1.29 is 32.2 Å². The molecule has 1 heterocycles. The summed E-state index contributed by atoms with van der Waals surface area (Å²) in [5, 5.41) is 0. The van der Waals surface area contributed by atoms with Gasteiger partial charge in [0.15, 0.2) is 0 Å². The van der Waals surface area contributed by atoms with E-state index in [0.717, 1.165) is 30.5 Å². The van der Waals surface area contributed by atoms with Crippen LogP contribution in [0.3, 0.4) is 0 Å². The first-order valence-corrected chi connectivity index (χ1v) is 11.7. The fraction of sp³-hybridized carbons (Fsp3) is 0.462. The molecular formula is C26H29F3N2O4. The van der Waals surface area contributed by atoms with E-state index in [4.69, 9.17) is 9.47 Å². The Morgan fingerprint density at radius 1 is 1.11 bits per heavy atom. The molecule has 2 aromatic carbocycles. The molecular weight excluding hydrogens is 461 g/mol. The summed E-state index contributed by atoms with van der Waals surface area (Å²) in [6, 6.07) is 11.5. The Bertz CT molecular complexity index is 1070. The maximum atomic E-state index is 13.7. The number of benzene rings is 2. The van der Waals surface area contributed by atoms with Crippen molar-refractivity contribution in [2.75, 3.05) is 12.0 Å². The number of alkyl halides is 3. The number of anilines is 1. The quantitative estimate of drug-likeness (QED) is 0.477. The molecule has 9 heteroatoms. The molecule has 0 unspecified atom stereocenters. The van der Waals surface area contributed by atoms with Gasteiger partial charge in [0.25, 0.3) is 0 Å². The predicted molar refractivity (Wildman–Crippen MR) is 124 cm³/mol. The summed E-state index contributed by atoms with van der Waals surface area (Å²) in [5.41, 5.74) is 0.557. The highest BCUT2D eigenvalue weighted by Gasteiger charge is 2.47. The summed E-state index contributed by atoms with van der Waals surface area (Å²) in [7, 11) is 1.25. The zero-order valence-electron chi connectivity index (χ0n) is 19.9. The molecule has 0 N–H and O–H groups in total. The molecule has 0 spiro atoms. The van der Waals surface area contributed by atoms with Crippen molar-refractivity contribution in [1.82, 2.24) is 4.90 Å². The van der Waals surface area contributed by atoms with Gasteiger partial charge in [0.1, 0.15) is 0 Å². The van der Waals surface area contributed by atoms with Gasteiger partial charge in [-0.25, -0.2) is 9.59 Å². The Balaban J connectivity index is 1.84. The molecule has 1 saturated carbocycles. The molecule has 1 aliphatic carbocycles. The van der Waals surface area contributed by atoms with Gasteiger partial charge < -0.3 is 9.47 Å². The van der Waals surface area contributed by atoms with Crippen molar-refractivity contribution in [1.29, 1.82) is 0 Å². The number of hydrogen-bond acceptors (Lipinski definition) is 4. The lowest BCUT2D eigenvalue weighted by molar-refractivity contribution is -0.137. The van der Waals surface area contributed by atoms with E-state index < -0.39 is 30.0 Å². The van der Waals surface area contributed by atoms with Crippen molar-refractivity contribution in [3.8, 4) is 0 Å². The van der Waals surface area contributed by atoms with Crippen LogP contribution in [0.4, 0.5) is 28.4 Å². The molecule has 0 aromatic heterocycles. The third-order valence-corrected chi connectivity index (χ3v) is 6.45. The lowest BCUT2D eigenvalue weighted by Crippen LogP contribution is -2.50. The summed E-state index contributed by atoms with van der Waals surface area (Å²) in [6.07, 6.45) is -4.12. The van der Waals surface area contributed by atoms with Crippen LogP contribution in [0.15, 0.2) is 48.5 Å². The average Bonchev–Trinajstić information content (AvgIpc) is 3.66. The Morgan fingerprint density at radius 3 is 2.37 bits per heavy atom. The maximum Gasteiger partial charge on any atom is 0.416 e. The molecule has 0 saturated heterocycles. The number of carbonyl (C=O) groups is 2. The van der Waals surface area contributed by atoms with Gasteiger partial charge in [0, 0.05) is 12.6 Å². The van der Waals surface area contributed by atoms with Crippen molar-refractivity contribution in [3.63, 3.8) is 0 Å². The summed E-state index contributed by atoms with van der Waals surface area (Å²) in [6.45, 7) is 3.61.